The smallest absolute Gasteiger partial charge is 0.744 e. The average molecular weight is 466 g/mol. The summed E-state index contributed by atoms with van der Waals surface area (Å²) in [5.74, 6) is 0. The van der Waals surface area contributed by atoms with Crippen LogP contribution in [0.2, 0.25) is 0 Å². The molecule has 0 amide bonds. The van der Waals surface area contributed by atoms with Gasteiger partial charge in [-0.1, -0.05) is 72.8 Å². The molecule has 4 aromatic rings. The molecule has 0 aromatic heterocycles. The third-order valence-electron chi connectivity index (χ3n) is 4.20. The molecule has 0 saturated carbocycles. The van der Waals surface area contributed by atoms with Gasteiger partial charge in [0.15, 0.2) is 0 Å². The fourth-order valence-electron chi connectivity index (χ4n) is 2.93. The van der Waals surface area contributed by atoms with E-state index in [1.54, 1.807) is 72.8 Å². The second-order valence-corrected chi connectivity index (χ2v) is 8.94. The van der Waals surface area contributed by atoms with Gasteiger partial charge in [-0.3, -0.25) is 4.79 Å². The van der Waals surface area contributed by atoms with Crippen LogP contribution >= 0.6 is 0 Å². The first-order valence-corrected chi connectivity index (χ1v) is 11.3. The molecule has 10 heteroatoms. The number of carbonyl (C=O) groups excluding carboxylic acids is 1. The van der Waals surface area contributed by atoms with Crippen molar-refractivity contribution in [2.24, 2.45) is 0 Å². The molecule has 0 fully saturated rings. The summed E-state index contributed by atoms with van der Waals surface area (Å²) < 4.78 is 60.0. The molecule has 0 spiro atoms. The first-order valence-electron chi connectivity index (χ1n) is 8.52. The Morgan fingerprint density at radius 3 is 1.55 bits per heavy atom. The molecule has 0 atom stereocenters. The van der Waals surface area contributed by atoms with Gasteiger partial charge in [-0.25, -0.2) is 8.42 Å². The second-order valence-electron chi connectivity index (χ2n) is 6.06. The second kappa shape index (κ2) is 10.4. The predicted octanol–water partition coefficient (Wildman–Crippen LogP) is 0.449. The van der Waals surface area contributed by atoms with E-state index in [0.717, 1.165) is 10.8 Å². The standard InChI is InChI=1S/C11H8O4S.C10H8O3S.Na/c12-8-15-16(13,14)11-7-3-5-9-4-1-2-6-10(9)11;11-14(12,13)10-7-3-5-8-4-1-2-6-9(8)10;/h1-8H;1-7H,(H,11,12,13);/q;;+1/p-1. The van der Waals surface area contributed by atoms with Gasteiger partial charge in [0.05, 0.1) is 4.90 Å². The molecule has 4 aromatic carbocycles. The van der Waals surface area contributed by atoms with Gasteiger partial charge in [-0.15, -0.1) is 0 Å². The quantitative estimate of drug-likeness (QED) is 0.185. The normalized spacial score (nSPS) is 11.1. The summed E-state index contributed by atoms with van der Waals surface area (Å²) in [5, 5.41) is 2.54. The molecule has 31 heavy (non-hydrogen) atoms. The van der Waals surface area contributed by atoms with Crippen LogP contribution in [-0.4, -0.2) is 27.9 Å². The van der Waals surface area contributed by atoms with Crippen molar-refractivity contribution in [3.8, 4) is 0 Å². The summed E-state index contributed by atoms with van der Waals surface area (Å²) in [6.07, 6.45) is 0. The molecule has 0 aliphatic rings. The van der Waals surface area contributed by atoms with Gasteiger partial charge in [0.1, 0.15) is 15.0 Å². The van der Waals surface area contributed by atoms with Crippen LogP contribution in [-0.2, 0) is 29.2 Å². The molecule has 0 N–H and O–H groups in total. The van der Waals surface area contributed by atoms with E-state index >= 15 is 0 Å². The fraction of sp³-hybridized carbons (Fsp3) is 0. The van der Waals surface area contributed by atoms with Crippen molar-refractivity contribution in [2.45, 2.75) is 9.79 Å². The van der Waals surface area contributed by atoms with E-state index in [4.69, 9.17) is 0 Å². The molecule has 0 heterocycles. The molecule has 0 radical (unpaired) electrons. The molecule has 0 aliphatic heterocycles. The molecule has 0 bridgehead atoms. The van der Waals surface area contributed by atoms with Crippen molar-refractivity contribution < 1.29 is 59.9 Å². The van der Waals surface area contributed by atoms with Gasteiger partial charge < -0.3 is 8.74 Å². The maximum atomic E-state index is 11.6. The molecule has 7 nitrogen and oxygen atoms in total. The van der Waals surface area contributed by atoms with Crippen molar-refractivity contribution in [3.05, 3.63) is 84.9 Å². The van der Waals surface area contributed by atoms with E-state index in [1.165, 1.54) is 12.1 Å². The van der Waals surface area contributed by atoms with Crippen LogP contribution < -0.4 is 29.6 Å². The molecule has 0 saturated heterocycles. The topological polar surface area (TPSA) is 118 Å². The third kappa shape index (κ3) is 5.91. The Bertz CT molecular complexity index is 1420. The molecule has 154 valence electrons. The Morgan fingerprint density at radius 2 is 1.06 bits per heavy atom. The zero-order valence-electron chi connectivity index (χ0n) is 16.3. The van der Waals surface area contributed by atoms with Crippen LogP contribution in [0.3, 0.4) is 0 Å². The van der Waals surface area contributed by atoms with Crippen LogP contribution in [0.25, 0.3) is 21.5 Å². The first-order chi connectivity index (χ1) is 14.2. The fourth-order valence-corrected chi connectivity index (χ4v) is 4.54. The summed E-state index contributed by atoms with van der Waals surface area (Å²) in [6, 6.07) is 23.3. The number of carbonyl (C=O) groups is 1. The zero-order chi connectivity index (χ0) is 21.8. The molecule has 0 aliphatic carbocycles. The maximum Gasteiger partial charge on any atom is 1.00 e. The predicted molar refractivity (Wildman–Crippen MR) is 110 cm³/mol. The minimum Gasteiger partial charge on any atom is -0.744 e. The monoisotopic (exact) mass is 466 g/mol. The van der Waals surface area contributed by atoms with Crippen molar-refractivity contribution >= 4 is 48.3 Å². The van der Waals surface area contributed by atoms with Crippen LogP contribution in [0.4, 0.5) is 0 Å². The van der Waals surface area contributed by atoms with E-state index in [0.29, 0.717) is 10.8 Å². The van der Waals surface area contributed by atoms with Gasteiger partial charge >= 0.3 is 46.1 Å². The first kappa shape index (κ1) is 25.0. The summed E-state index contributed by atoms with van der Waals surface area (Å²) >= 11 is 0. The van der Waals surface area contributed by atoms with Crippen molar-refractivity contribution in [1.29, 1.82) is 0 Å². The van der Waals surface area contributed by atoms with Crippen LogP contribution in [0.1, 0.15) is 0 Å². The van der Waals surface area contributed by atoms with Gasteiger partial charge in [-0.2, -0.15) is 8.42 Å². The van der Waals surface area contributed by atoms with Crippen LogP contribution in [0.15, 0.2) is 94.7 Å². The van der Waals surface area contributed by atoms with E-state index in [-0.39, 0.29) is 45.8 Å². The Kier molecular flexibility index (Phi) is 8.35. The number of rotatable bonds is 4. The average Bonchev–Trinajstić information content (AvgIpc) is 2.72. The Balaban J connectivity index is 0.000000215. The van der Waals surface area contributed by atoms with E-state index in [2.05, 4.69) is 4.18 Å². The van der Waals surface area contributed by atoms with E-state index in [1.807, 2.05) is 0 Å². The number of hydrogen-bond acceptors (Lipinski definition) is 7. The largest absolute Gasteiger partial charge is 1.00 e. The summed E-state index contributed by atoms with van der Waals surface area (Å²) in [6.45, 7) is -0.0862. The van der Waals surface area contributed by atoms with Gasteiger partial charge in [0.2, 0.25) is 0 Å². The van der Waals surface area contributed by atoms with Crippen molar-refractivity contribution in [2.75, 3.05) is 0 Å². The van der Waals surface area contributed by atoms with Crippen LogP contribution in [0, 0.1) is 0 Å². The third-order valence-corrected chi connectivity index (χ3v) is 6.33. The van der Waals surface area contributed by atoms with Gasteiger partial charge in [-0.05, 0) is 28.3 Å². The minimum atomic E-state index is -4.38. The number of benzene rings is 4. The summed E-state index contributed by atoms with van der Waals surface area (Å²) in [7, 11) is -8.38. The molecular weight excluding hydrogens is 451 g/mol. The zero-order valence-corrected chi connectivity index (χ0v) is 20.0. The number of hydrogen-bond donors (Lipinski definition) is 0. The van der Waals surface area contributed by atoms with Crippen molar-refractivity contribution in [1.82, 2.24) is 0 Å². The van der Waals surface area contributed by atoms with E-state index < -0.39 is 20.2 Å². The SMILES string of the molecule is O=COS(=O)(=O)c1cccc2ccccc12.O=S(=O)([O-])c1cccc2ccccc12.[Na+]. The van der Waals surface area contributed by atoms with Crippen molar-refractivity contribution in [3.63, 3.8) is 0 Å². The van der Waals surface area contributed by atoms with Gasteiger partial charge in [0.25, 0.3) is 0 Å². The minimum absolute atomic E-state index is 0. The summed E-state index contributed by atoms with van der Waals surface area (Å²) in [4.78, 5) is 9.97. The Morgan fingerprint density at radius 1 is 0.645 bits per heavy atom. The Labute approximate surface area is 201 Å². The number of fused-ring (bicyclic) bond motifs is 2. The van der Waals surface area contributed by atoms with E-state index in [9.17, 15) is 26.2 Å². The molecular formula is C21H15NaO7S2. The summed E-state index contributed by atoms with van der Waals surface area (Å²) in [5.41, 5.74) is 0. The van der Waals surface area contributed by atoms with Gasteiger partial charge in [0, 0.05) is 5.39 Å². The molecule has 4 rings (SSSR count). The van der Waals surface area contributed by atoms with Crippen LogP contribution in [0.5, 0.6) is 0 Å². The Hall–Kier alpha value is -2.27. The maximum absolute atomic E-state index is 11.6. The molecule has 0 unspecified atom stereocenters.